The molecule has 3 aliphatic rings. The number of nitrogens with zero attached hydrogens (tertiary/aromatic N) is 7. The zero-order valence-electron chi connectivity index (χ0n) is 24.1. The summed E-state index contributed by atoms with van der Waals surface area (Å²) < 4.78 is 0.969. The highest BCUT2D eigenvalue weighted by atomic mass is 32.1. The van der Waals surface area contributed by atoms with Crippen LogP contribution in [0.2, 0.25) is 0 Å². The molecule has 40 heavy (non-hydrogen) atoms. The van der Waals surface area contributed by atoms with E-state index < -0.39 is 0 Å². The Morgan fingerprint density at radius 1 is 1.00 bits per heavy atom. The predicted octanol–water partition coefficient (Wildman–Crippen LogP) is 4.80. The lowest BCUT2D eigenvalue weighted by Gasteiger charge is -2.43. The van der Waals surface area contributed by atoms with Crippen molar-refractivity contribution in [3.63, 3.8) is 0 Å². The fourth-order valence-corrected chi connectivity index (χ4v) is 7.84. The lowest BCUT2D eigenvalue weighted by Crippen LogP contribution is -2.53. The second kappa shape index (κ2) is 12.0. The lowest BCUT2D eigenvalue weighted by atomic mass is 9.96. The van der Waals surface area contributed by atoms with Gasteiger partial charge in [0.1, 0.15) is 5.82 Å². The van der Waals surface area contributed by atoms with Crippen LogP contribution in [0, 0.1) is 0 Å². The van der Waals surface area contributed by atoms with Gasteiger partial charge in [0.25, 0.3) is 5.91 Å². The molecule has 6 rings (SSSR count). The van der Waals surface area contributed by atoms with Gasteiger partial charge in [0, 0.05) is 65.0 Å². The number of likely N-dealkylation sites (N-methyl/N-ethyl adjacent to an activating group) is 1. The van der Waals surface area contributed by atoms with Crippen LogP contribution in [0.5, 0.6) is 0 Å². The van der Waals surface area contributed by atoms with Gasteiger partial charge in [-0.05, 0) is 50.3 Å². The number of carbonyl (C=O) groups is 1. The number of thiophene rings is 1. The van der Waals surface area contributed by atoms with Crippen molar-refractivity contribution in [2.45, 2.75) is 57.4 Å². The zero-order valence-corrected chi connectivity index (χ0v) is 24.9. The molecule has 0 aromatic carbocycles. The molecule has 3 aromatic heterocycles. The van der Waals surface area contributed by atoms with Gasteiger partial charge >= 0.3 is 0 Å². The van der Waals surface area contributed by atoms with Crippen LogP contribution in [0.1, 0.15) is 66.6 Å². The first-order valence-corrected chi connectivity index (χ1v) is 15.8. The molecule has 1 saturated carbocycles. The lowest BCUT2D eigenvalue weighted by molar-refractivity contribution is 0.0831. The number of nitrogens with one attached hydrogen (secondary N) is 1. The first-order valence-electron chi connectivity index (χ1n) is 15.0. The molecule has 1 N–H and O–H groups in total. The molecule has 3 fully saturated rings. The Kier molecular flexibility index (Phi) is 8.18. The summed E-state index contributed by atoms with van der Waals surface area (Å²) >= 11 is 1.52. The van der Waals surface area contributed by atoms with Crippen LogP contribution in [-0.2, 0) is 0 Å². The van der Waals surface area contributed by atoms with Crippen LogP contribution in [-0.4, -0.2) is 102 Å². The van der Waals surface area contributed by atoms with Gasteiger partial charge in [0.05, 0.1) is 33.2 Å². The van der Waals surface area contributed by atoms with E-state index in [4.69, 9.17) is 9.97 Å². The number of anilines is 3. The van der Waals surface area contributed by atoms with Crippen LogP contribution in [0.3, 0.4) is 0 Å². The molecule has 0 radical (unpaired) electrons. The number of hydrogen-bond acceptors (Lipinski definition) is 9. The third kappa shape index (κ3) is 5.66. The number of carbonyl (C=O) groups excluding carboxylic acids is 1. The number of piperidine rings is 1. The molecule has 3 aromatic rings. The van der Waals surface area contributed by atoms with E-state index in [0.717, 1.165) is 52.4 Å². The molecule has 1 aliphatic carbocycles. The molecular weight excluding hydrogens is 520 g/mol. The molecule has 214 valence electrons. The van der Waals surface area contributed by atoms with Crippen LogP contribution >= 0.6 is 11.3 Å². The Hall–Kier alpha value is -2.82. The van der Waals surface area contributed by atoms with Gasteiger partial charge in [-0.25, -0.2) is 15.0 Å². The Morgan fingerprint density at radius 3 is 2.40 bits per heavy atom. The molecule has 0 unspecified atom stereocenters. The molecule has 9 nitrogen and oxygen atoms in total. The predicted molar refractivity (Wildman–Crippen MR) is 163 cm³/mol. The largest absolute Gasteiger partial charge is 0.370 e. The molecule has 0 spiro atoms. The number of fused-ring (bicyclic) bond motifs is 1. The minimum absolute atomic E-state index is 0.0553. The maximum Gasteiger partial charge on any atom is 0.263 e. The van der Waals surface area contributed by atoms with E-state index in [-0.39, 0.29) is 5.91 Å². The molecular formula is C30H42N8OS. The molecule has 5 heterocycles. The van der Waals surface area contributed by atoms with E-state index in [0.29, 0.717) is 17.9 Å². The van der Waals surface area contributed by atoms with Crippen molar-refractivity contribution in [2.75, 3.05) is 70.1 Å². The second-order valence-corrected chi connectivity index (χ2v) is 12.7. The van der Waals surface area contributed by atoms with Crippen LogP contribution in [0.4, 0.5) is 17.5 Å². The van der Waals surface area contributed by atoms with Gasteiger partial charge < -0.3 is 20.0 Å². The Bertz CT molecular complexity index is 1300. The fourth-order valence-electron chi connectivity index (χ4n) is 6.62. The highest BCUT2D eigenvalue weighted by Crippen LogP contribution is 2.43. The number of rotatable bonds is 7. The number of aromatic nitrogens is 3. The van der Waals surface area contributed by atoms with Crippen molar-refractivity contribution in [3.8, 4) is 0 Å². The molecule has 2 saturated heterocycles. The highest BCUT2D eigenvalue weighted by Gasteiger charge is 2.30. The van der Waals surface area contributed by atoms with Crippen molar-refractivity contribution < 1.29 is 4.79 Å². The van der Waals surface area contributed by atoms with Gasteiger partial charge in [-0.15, -0.1) is 11.3 Å². The average Bonchev–Trinajstić information content (AvgIpc) is 3.65. The summed E-state index contributed by atoms with van der Waals surface area (Å²) in [5.74, 6) is 1.70. The summed E-state index contributed by atoms with van der Waals surface area (Å²) in [7, 11) is 3.63. The molecule has 1 amide bonds. The maximum atomic E-state index is 13.0. The van der Waals surface area contributed by atoms with E-state index in [1.165, 1.54) is 75.4 Å². The van der Waals surface area contributed by atoms with Gasteiger partial charge in [-0.2, -0.15) is 0 Å². The molecule has 10 heteroatoms. The van der Waals surface area contributed by atoms with Crippen LogP contribution < -0.4 is 10.2 Å². The van der Waals surface area contributed by atoms with Crippen LogP contribution in [0.25, 0.3) is 10.2 Å². The van der Waals surface area contributed by atoms with Gasteiger partial charge in [-0.3, -0.25) is 9.69 Å². The SMILES string of the molecule is CCN1CCN(C2CCN(c3ccc(Nc4ncc5sc(C(=O)N(C)C)c(C6CCCC6)c5n4)nc3)CC2)CC1. The summed E-state index contributed by atoms with van der Waals surface area (Å²) in [5, 5.41) is 3.31. The van der Waals surface area contributed by atoms with Crippen LogP contribution in [0.15, 0.2) is 24.5 Å². The minimum Gasteiger partial charge on any atom is -0.370 e. The summed E-state index contributed by atoms with van der Waals surface area (Å²) in [4.78, 5) is 37.4. The Balaban J connectivity index is 1.12. The molecule has 0 bridgehead atoms. The van der Waals surface area contributed by atoms with Gasteiger partial charge in [-0.1, -0.05) is 19.8 Å². The number of piperazine rings is 1. The third-order valence-corrected chi connectivity index (χ3v) is 10.1. The summed E-state index contributed by atoms with van der Waals surface area (Å²) in [6.07, 6.45) is 10.9. The fraction of sp³-hybridized carbons (Fsp3) is 0.600. The van der Waals surface area contributed by atoms with Crippen molar-refractivity contribution in [2.24, 2.45) is 0 Å². The molecule has 0 atom stereocenters. The van der Waals surface area contributed by atoms with E-state index in [2.05, 4.69) is 38.0 Å². The van der Waals surface area contributed by atoms with Gasteiger partial charge in [0.15, 0.2) is 0 Å². The normalized spacial score (nSPS) is 19.9. The number of amides is 1. The monoisotopic (exact) mass is 562 g/mol. The zero-order chi connectivity index (χ0) is 27.6. The van der Waals surface area contributed by atoms with Gasteiger partial charge in [0.2, 0.25) is 5.95 Å². The third-order valence-electron chi connectivity index (χ3n) is 9.02. The Morgan fingerprint density at radius 2 is 1.75 bits per heavy atom. The first kappa shape index (κ1) is 27.4. The maximum absolute atomic E-state index is 13.0. The Labute approximate surface area is 241 Å². The summed E-state index contributed by atoms with van der Waals surface area (Å²) in [5.41, 5.74) is 3.19. The summed E-state index contributed by atoms with van der Waals surface area (Å²) in [6.45, 7) is 10.4. The number of hydrogen-bond donors (Lipinski definition) is 1. The topological polar surface area (TPSA) is 80.7 Å². The molecule has 2 aliphatic heterocycles. The smallest absolute Gasteiger partial charge is 0.263 e. The standard InChI is InChI=1S/C30H42N8OS/c1-4-36-15-17-38(18-16-36)22-11-13-37(14-12-22)23-9-10-25(31-19-23)33-30-32-20-24-27(34-30)26(21-7-5-6-8-21)28(40-24)29(39)35(2)3/h9-10,19-22H,4-8,11-18H2,1-3H3,(H,31,32,33,34). The second-order valence-electron chi connectivity index (χ2n) is 11.6. The van der Waals surface area contributed by atoms with E-state index in [9.17, 15) is 4.79 Å². The minimum atomic E-state index is 0.0553. The van der Waals surface area contributed by atoms with E-state index >= 15 is 0 Å². The average molecular weight is 563 g/mol. The summed E-state index contributed by atoms with van der Waals surface area (Å²) in [6, 6.07) is 4.87. The van der Waals surface area contributed by atoms with Crippen molar-refractivity contribution in [1.29, 1.82) is 0 Å². The quantitative estimate of drug-likeness (QED) is 0.440. The highest BCUT2D eigenvalue weighted by molar-refractivity contribution is 7.21. The van der Waals surface area contributed by atoms with Crippen molar-refractivity contribution in [1.82, 2.24) is 29.7 Å². The first-order chi connectivity index (χ1) is 19.5. The van der Waals surface area contributed by atoms with E-state index in [1.807, 2.05) is 32.6 Å². The van der Waals surface area contributed by atoms with E-state index in [1.54, 1.807) is 4.90 Å². The number of pyridine rings is 1. The van der Waals surface area contributed by atoms with Crippen molar-refractivity contribution >= 4 is 44.9 Å². The van der Waals surface area contributed by atoms with Crippen molar-refractivity contribution in [3.05, 3.63) is 35.0 Å².